The number of pyridine rings is 4. The number of rotatable bonds is 14. The highest BCUT2D eigenvalue weighted by Crippen LogP contribution is 2.35. The molecular weight excluding hydrogens is 766 g/mol. The van der Waals surface area contributed by atoms with E-state index in [9.17, 15) is 35.9 Å². The maximum atomic E-state index is 13.6. The topological polar surface area (TPSA) is 214 Å². The third-order valence-electron chi connectivity index (χ3n) is 9.36. The number of hydrogen-bond acceptors (Lipinski definition) is 12. The van der Waals surface area contributed by atoms with Crippen LogP contribution in [-0.2, 0) is 17.8 Å². The van der Waals surface area contributed by atoms with Gasteiger partial charge in [0, 0.05) is 46.0 Å². The van der Waals surface area contributed by atoms with Crippen molar-refractivity contribution in [3.8, 4) is 0 Å². The number of carbonyl (C=O) groups excluding carboxylic acids is 2. The maximum absolute atomic E-state index is 13.6. The lowest BCUT2D eigenvalue weighted by Gasteiger charge is -2.32. The number of aromatic nitrogens is 4. The molecule has 4 heterocycles. The van der Waals surface area contributed by atoms with Crippen molar-refractivity contribution < 1.29 is 44.5 Å². The standard InChI is InChI=1S/C23H24F3N5O.C17H20F3N5O.6H2/c1-2-22(13-27,15-7-4-3-5-8-15)14-30-18-11-10-17(23(24,25)26)19(31-18)20(32)16-9-6-12-29-21(16)28;1-16(2,8-21)9-24-12-6-5-11(17(18,19)20)13(25-12)14(26)10-4-3-7-23-15(10)22;;;;;;/h3-12H,2,13-14,27H2,1H3,(H2,28,29)(H,30,31);3-7H,8-9,21H2,1-2H3,(H2,22,23)(H,24,25);6*1H. The third-order valence-corrected chi connectivity index (χ3v) is 9.36. The molecule has 0 amide bonds. The Labute approximate surface area is 339 Å². The van der Waals surface area contributed by atoms with Crippen molar-refractivity contribution >= 4 is 34.8 Å². The van der Waals surface area contributed by atoms with Crippen LogP contribution in [0.5, 0.6) is 0 Å². The van der Waals surface area contributed by atoms with Gasteiger partial charge in [-0.05, 0) is 72.5 Å². The minimum atomic E-state index is -4.76. The monoisotopic (exact) mass is 822 g/mol. The Morgan fingerprint density at radius 3 is 1.47 bits per heavy atom. The second-order valence-electron chi connectivity index (χ2n) is 14.0. The zero-order valence-corrected chi connectivity index (χ0v) is 31.9. The number of ketones is 2. The number of nitrogens with zero attached hydrogens (tertiary/aromatic N) is 4. The number of halogens is 6. The molecule has 1 atom stereocenters. The van der Waals surface area contributed by atoms with Gasteiger partial charge in [0.2, 0.25) is 11.6 Å². The highest BCUT2D eigenvalue weighted by molar-refractivity contribution is 6.12. The zero-order chi connectivity index (χ0) is 42.9. The average molecular weight is 823 g/mol. The summed E-state index contributed by atoms with van der Waals surface area (Å²) in [5.74, 6) is -1.94. The van der Waals surface area contributed by atoms with Crippen LogP contribution in [0.3, 0.4) is 0 Å². The van der Waals surface area contributed by atoms with Crippen LogP contribution >= 0.6 is 0 Å². The van der Waals surface area contributed by atoms with Crippen LogP contribution < -0.4 is 33.6 Å². The van der Waals surface area contributed by atoms with Gasteiger partial charge in [-0.15, -0.1) is 0 Å². The van der Waals surface area contributed by atoms with Crippen molar-refractivity contribution in [2.75, 3.05) is 48.3 Å². The van der Waals surface area contributed by atoms with Gasteiger partial charge < -0.3 is 33.6 Å². The van der Waals surface area contributed by atoms with E-state index in [2.05, 4.69) is 30.6 Å². The molecule has 0 aliphatic heterocycles. The summed E-state index contributed by atoms with van der Waals surface area (Å²) in [7, 11) is 0. The van der Waals surface area contributed by atoms with E-state index in [1.54, 1.807) is 0 Å². The molecule has 1 aromatic carbocycles. The first-order chi connectivity index (χ1) is 27.3. The Balaban J connectivity index is -0.00000108. The van der Waals surface area contributed by atoms with Crippen molar-refractivity contribution in [1.29, 1.82) is 0 Å². The molecule has 0 aliphatic carbocycles. The molecule has 58 heavy (non-hydrogen) atoms. The van der Waals surface area contributed by atoms with Crippen LogP contribution in [0, 0.1) is 5.41 Å². The predicted octanol–water partition coefficient (Wildman–Crippen LogP) is 8.21. The van der Waals surface area contributed by atoms with Gasteiger partial charge in [0.25, 0.3) is 0 Å². The molecule has 1 unspecified atom stereocenters. The molecule has 10 N–H and O–H groups in total. The number of benzene rings is 1. The van der Waals surface area contributed by atoms with E-state index in [0.29, 0.717) is 32.6 Å². The van der Waals surface area contributed by atoms with E-state index in [1.807, 2.05) is 51.1 Å². The van der Waals surface area contributed by atoms with Crippen molar-refractivity contribution in [3.05, 3.63) is 130 Å². The largest absolute Gasteiger partial charge is 0.418 e. The fourth-order valence-electron chi connectivity index (χ4n) is 5.61. The van der Waals surface area contributed by atoms with Crippen LogP contribution in [0.1, 0.15) is 84.5 Å². The van der Waals surface area contributed by atoms with Gasteiger partial charge in [-0.2, -0.15) is 26.3 Å². The van der Waals surface area contributed by atoms with Crippen LogP contribution in [0.15, 0.2) is 91.3 Å². The Morgan fingerprint density at radius 1 is 0.638 bits per heavy atom. The molecule has 0 saturated carbocycles. The summed E-state index contributed by atoms with van der Waals surface area (Å²) in [6, 6.07) is 19.1. The lowest BCUT2D eigenvalue weighted by molar-refractivity contribution is -0.138. The summed E-state index contributed by atoms with van der Waals surface area (Å²) >= 11 is 0. The fraction of sp³-hybridized carbons (Fsp3) is 0.300. The summed E-state index contributed by atoms with van der Waals surface area (Å²) in [6.45, 7) is 7.17. The number of hydrogen-bond donors (Lipinski definition) is 6. The molecule has 0 saturated heterocycles. The minimum Gasteiger partial charge on any atom is -0.383 e. The molecule has 5 aromatic rings. The number of nitrogens with one attached hydrogen (secondary N) is 2. The van der Waals surface area contributed by atoms with Crippen molar-refractivity contribution in [2.24, 2.45) is 16.9 Å². The molecular formula is C40H56F6N10O2. The number of carbonyl (C=O) groups is 2. The first-order valence-corrected chi connectivity index (χ1v) is 17.9. The first kappa shape index (κ1) is 44.6. The van der Waals surface area contributed by atoms with E-state index >= 15 is 0 Å². The van der Waals surface area contributed by atoms with Crippen LogP contribution in [-0.4, -0.2) is 57.7 Å². The fourth-order valence-corrected chi connectivity index (χ4v) is 5.61. The van der Waals surface area contributed by atoms with Gasteiger partial charge >= 0.3 is 12.4 Å². The van der Waals surface area contributed by atoms with Gasteiger partial charge in [0.1, 0.15) is 34.7 Å². The van der Waals surface area contributed by atoms with E-state index in [-0.39, 0.29) is 48.4 Å². The molecule has 18 heteroatoms. The molecule has 0 radical (unpaired) electrons. The lowest BCUT2D eigenvalue weighted by atomic mass is 9.78. The second-order valence-corrected chi connectivity index (χ2v) is 14.0. The van der Waals surface area contributed by atoms with Gasteiger partial charge in [-0.25, -0.2) is 19.9 Å². The first-order valence-electron chi connectivity index (χ1n) is 17.9. The smallest absolute Gasteiger partial charge is 0.383 e. The van der Waals surface area contributed by atoms with Gasteiger partial charge in [0.05, 0.1) is 22.3 Å². The summed E-state index contributed by atoms with van der Waals surface area (Å²) in [6.07, 6.45) is -6.11. The number of alkyl halides is 6. The van der Waals surface area contributed by atoms with Crippen molar-refractivity contribution in [3.63, 3.8) is 0 Å². The molecule has 4 aromatic heterocycles. The van der Waals surface area contributed by atoms with Crippen LogP contribution in [0.4, 0.5) is 49.6 Å². The molecule has 0 bridgehead atoms. The Morgan fingerprint density at radius 2 is 1.09 bits per heavy atom. The predicted molar refractivity (Wildman–Crippen MR) is 223 cm³/mol. The van der Waals surface area contributed by atoms with E-state index in [4.69, 9.17) is 22.9 Å². The number of anilines is 4. The molecule has 12 nitrogen and oxygen atoms in total. The summed E-state index contributed by atoms with van der Waals surface area (Å²) in [5.41, 5.74) is 19.3. The van der Waals surface area contributed by atoms with Crippen molar-refractivity contribution in [1.82, 2.24) is 19.9 Å². The lowest BCUT2D eigenvalue weighted by Crippen LogP contribution is -2.41. The Kier molecular flexibility index (Phi) is 14.2. The van der Waals surface area contributed by atoms with Gasteiger partial charge in [-0.1, -0.05) is 51.1 Å². The maximum Gasteiger partial charge on any atom is 0.418 e. The third kappa shape index (κ3) is 10.8. The molecule has 320 valence electrons. The summed E-state index contributed by atoms with van der Waals surface area (Å²) in [4.78, 5) is 40.9. The minimum absolute atomic E-state index is 0. The zero-order valence-electron chi connectivity index (χ0n) is 31.9. The SMILES string of the molecule is CC(C)(CN)CNc1ccc(C(F)(F)F)c(C(=O)c2cccnc2N)n1.CCC(CN)(CNc1ccc(C(F)(F)F)c(C(=O)c2cccnc2N)n1)c1ccccc1.[HH].[HH].[HH].[HH].[HH].[HH]. The molecule has 0 spiro atoms. The van der Waals surface area contributed by atoms with E-state index in [0.717, 1.165) is 17.7 Å². The van der Waals surface area contributed by atoms with Crippen LogP contribution in [0.2, 0.25) is 0 Å². The van der Waals surface area contributed by atoms with Crippen molar-refractivity contribution in [2.45, 2.75) is 45.0 Å². The van der Waals surface area contributed by atoms with Gasteiger partial charge in [0.15, 0.2) is 0 Å². The highest BCUT2D eigenvalue weighted by atomic mass is 19.4. The highest BCUT2D eigenvalue weighted by Gasteiger charge is 2.38. The average Bonchev–Trinajstić information content (AvgIpc) is 3.20. The number of nitrogen functional groups attached to an aromatic ring is 2. The summed E-state index contributed by atoms with van der Waals surface area (Å²) < 4.78 is 80.7. The summed E-state index contributed by atoms with van der Waals surface area (Å²) in [5, 5.41) is 5.99. The second kappa shape index (κ2) is 18.4. The number of nitrogens with two attached hydrogens (primary N) is 4. The quantitative estimate of drug-likeness (QED) is 0.0462. The normalized spacial score (nSPS) is 12.8. The van der Waals surface area contributed by atoms with Gasteiger partial charge in [-0.3, -0.25) is 9.59 Å². The Bertz CT molecular complexity index is 2220. The van der Waals surface area contributed by atoms with E-state index in [1.165, 1.54) is 48.8 Å². The molecule has 5 rings (SSSR count). The molecule has 0 aliphatic rings. The van der Waals surface area contributed by atoms with Crippen LogP contribution in [0.25, 0.3) is 0 Å². The van der Waals surface area contributed by atoms with E-state index < -0.39 is 51.8 Å². The molecule has 0 fully saturated rings. The Hall–Kier alpha value is -6.14.